The molecular formula is C28H42N2O3. The second kappa shape index (κ2) is 8.23. The van der Waals surface area contributed by atoms with Gasteiger partial charge in [0.15, 0.2) is 0 Å². The molecule has 4 fully saturated rings. The molecule has 0 aromatic carbocycles. The van der Waals surface area contributed by atoms with Gasteiger partial charge >= 0.3 is 6.09 Å². The number of rotatable bonds is 3. The van der Waals surface area contributed by atoms with Gasteiger partial charge < -0.3 is 4.74 Å². The normalized spacial score (nSPS) is 45.2. The number of hydrogen-bond acceptors (Lipinski definition) is 4. The minimum absolute atomic E-state index is 0.0525. The van der Waals surface area contributed by atoms with Crippen LogP contribution >= 0.6 is 0 Å². The zero-order valence-corrected chi connectivity index (χ0v) is 21.0. The van der Waals surface area contributed by atoms with Crippen LogP contribution in [-0.4, -0.2) is 24.2 Å². The van der Waals surface area contributed by atoms with Crippen molar-refractivity contribution in [1.29, 1.82) is 0 Å². The lowest BCUT2D eigenvalue weighted by molar-refractivity contribution is -0.147. The Labute approximate surface area is 199 Å². The van der Waals surface area contributed by atoms with Crippen molar-refractivity contribution in [2.45, 2.75) is 98.3 Å². The average Bonchev–Trinajstić information content (AvgIpc) is 3.08. The van der Waals surface area contributed by atoms with Gasteiger partial charge in [-0.3, -0.25) is 4.79 Å². The number of nitrogens with one attached hydrogen (secondary N) is 1. The Bertz CT molecular complexity index is 894. The number of hydrogen-bond donors (Lipinski definition) is 1. The highest BCUT2D eigenvalue weighted by Gasteiger charge is 2.69. The maximum atomic E-state index is 13.2. The number of Topliss-reactive ketones (excluding diaryl/α,β-unsaturated/α-hetero) is 1. The predicted octanol–water partition coefficient (Wildman–Crippen LogP) is 6.43. The molecule has 33 heavy (non-hydrogen) atoms. The van der Waals surface area contributed by atoms with Gasteiger partial charge in [-0.1, -0.05) is 32.3 Å². The third kappa shape index (κ3) is 3.27. The monoisotopic (exact) mass is 454 g/mol. The Morgan fingerprint density at radius 2 is 1.91 bits per heavy atom. The molecule has 0 spiro atoms. The average molecular weight is 455 g/mol. The largest absolute Gasteiger partial charge is 0.449 e. The van der Waals surface area contributed by atoms with Gasteiger partial charge in [-0.25, -0.2) is 10.2 Å². The molecular weight excluding hydrogens is 412 g/mol. The Morgan fingerprint density at radius 3 is 2.67 bits per heavy atom. The van der Waals surface area contributed by atoms with E-state index < -0.39 is 6.09 Å². The van der Waals surface area contributed by atoms with Crippen molar-refractivity contribution >= 4 is 17.6 Å². The molecule has 5 rings (SSSR count). The summed E-state index contributed by atoms with van der Waals surface area (Å²) in [4.78, 5) is 24.9. The molecule has 4 saturated carbocycles. The van der Waals surface area contributed by atoms with Gasteiger partial charge in [-0.15, -0.1) is 0 Å². The van der Waals surface area contributed by atoms with Crippen LogP contribution in [0.4, 0.5) is 4.79 Å². The summed E-state index contributed by atoms with van der Waals surface area (Å²) in [5, 5.41) is 4.35. The molecule has 5 nitrogen and oxygen atoms in total. The summed E-state index contributed by atoms with van der Waals surface area (Å²) in [5.74, 6) is 3.25. The maximum Gasteiger partial charge on any atom is 0.427 e. The van der Waals surface area contributed by atoms with Gasteiger partial charge in [0.2, 0.25) is 0 Å². The third-order valence-corrected chi connectivity index (χ3v) is 11.2. The SMILES string of the molecule is CCOC(=O)N/N=C1/C=C2CCC3C(CC[C@@]4(C)C3CC3CCCC[C@]34C(C)=O)[C@@]2(C)CC1. The van der Waals surface area contributed by atoms with Crippen molar-refractivity contribution in [3.05, 3.63) is 11.6 Å². The molecule has 0 saturated heterocycles. The van der Waals surface area contributed by atoms with Gasteiger partial charge in [0, 0.05) is 5.41 Å². The van der Waals surface area contributed by atoms with Gasteiger partial charge in [0.1, 0.15) is 5.78 Å². The van der Waals surface area contributed by atoms with Crippen LogP contribution in [0.5, 0.6) is 0 Å². The molecule has 5 heteroatoms. The molecule has 0 radical (unpaired) electrons. The minimum Gasteiger partial charge on any atom is -0.449 e. The standard InChI is InChI=1S/C28H42N2O3/c1-5-33-25(32)30-29-21-11-14-26(3)19(16-21)9-10-22-23(26)12-15-27(4)24(22)17-20-8-6-7-13-28(20,27)18(2)31/h16,20,22-24H,5-15,17H2,1-4H3,(H,30,32)/b29-21+/t20?,22?,23?,24?,26-,27-,28-/m0/s1. The highest BCUT2D eigenvalue weighted by Crippen LogP contribution is 2.74. The first-order valence-electron chi connectivity index (χ1n) is 13.5. The van der Waals surface area contributed by atoms with Crippen LogP contribution in [0.15, 0.2) is 16.8 Å². The van der Waals surface area contributed by atoms with E-state index in [1.807, 2.05) is 6.92 Å². The van der Waals surface area contributed by atoms with E-state index in [0.717, 1.165) is 37.3 Å². The summed E-state index contributed by atoms with van der Waals surface area (Å²) in [5.41, 5.74) is 5.41. The number of fused-ring (bicyclic) bond motifs is 7. The lowest BCUT2D eigenvalue weighted by Crippen LogP contribution is -2.55. The number of ketones is 1. The predicted molar refractivity (Wildman–Crippen MR) is 130 cm³/mol. The summed E-state index contributed by atoms with van der Waals surface area (Å²) < 4.78 is 4.94. The number of hydrazone groups is 1. The lowest BCUT2D eigenvalue weighted by atomic mass is 9.44. The van der Waals surface area contributed by atoms with E-state index in [1.54, 1.807) is 6.92 Å². The van der Waals surface area contributed by atoms with Crippen molar-refractivity contribution in [3.8, 4) is 0 Å². The molecule has 182 valence electrons. The van der Waals surface area contributed by atoms with Crippen LogP contribution in [0.3, 0.4) is 0 Å². The summed E-state index contributed by atoms with van der Waals surface area (Å²) in [6.45, 7) is 9.07. The maximum absolute atomic E-state index is 13.2. The van der Waals surface area contributed by atoms with Crippen LogP contribution in [0, 0.1) is 39.9 Å². The molecule has 0 aromatic rings. The van der Waals surface area contributed by atoms with Crippen LogP contribution in [0.25, 0.3) is 0 Å². The van der Waals surface area contributed by atoms with Crippen LogP contribution in [-0.2, 0) is 9.53 Å². The zero-order chi connectivity index (χ0) is 23.4. The van der Waals surface area contributed by atoms with Crippen LogP contribution < -0.4 is 5.43 Å². The van der Waals surface area contributed by atoms with Crippen molar-refractivity contribution in [1.82, 2.24) is 5.43 Å². The van der Waals surface area contributed by atoms with Crippen molar-refractivity contribution in [2.24, 2.45) is 45.0 Å². The fraction of sp³-hybridized carbons (Fsp3) is 0.821. The van der Waals surface area contributed by atoms with E-state index >= 15 is 0 Å². The number of carbonyl (C=O) groups is 2. The number of ether oxygens (including phenoxy) is 1. The molecule has 5 aliphatic carbocycles. The molecule has 5 aliphatic rings. The van der Waals surface area contributed by atoms with E-state index in [0.29, 0.717) is 30.1 Å². The van der Waals surface area contributed by atoms with Crippen molar-refractivity contribution in [2.75, 3.05) is 6.61 Å². The Morgan fingerprint density at radius 1 is 1.09 bits per heavy atom. The van der Waals surface area contributed by atoms with E-state index in [1.165, 1.54) is 50.5 Å². The topological polar surface area (TPSA) is 67.8 Å². The van der Waals surface area contributed by atoms with E-state index in [9.17, 15) is 9.59 Å². The van der Waals surface area contributed by atoms with Crippen molar-refractivity contribution < 1.29 is 14.3 Å². The van der Waals surface area contributed by atoms with Gasteiger partial charge in [0.25, 0.3) is 0 Å². The van der Waals surface area contributed by atoms with Crippen molar-refractivity contribution in [3.63, 3.8) is 0 Å². The first-order valence-corrected chi connectivity index (χ1v) is 13.5. The molecule has 1 amide bonds. The van der Waals surface area contributed by atoms with Gasteiger partial charge in [-0.05, 0) is 112 Å². The Kier molecular flexibility index (Phi) is 5.77. The van der Waals surface area contributed by atoms with Gasteiger partial charge in [-0.2, -0.15) is 5.10 Å². The Balaban J connectivity index is 1.40. The minimum atomic E-state index is -0.478. The summed E-state index contributed by atoms with van der Waals surface area (Å²) in [6.07, 6.45) is 14.8. The second-order valence-corrected chi connectivity index (χ2v) is 12.1. The first kappa shape index (κ1) is 23.1. The van der Waals surface area contributed by atoms with Crippen LogP contribution in [0.2, 0.25) is 0 Å². The molecule has 0 aromatic heterocycles. The highest BCUT2D eigenvalue weighted by atomic mass is 16.5. The highest BCUT2D eigenvalue weighted by molar-refractivity contribution is 5.97. The van der Waals surface area contributed by atoms with E-state index in [-0.39, 0.29) is 16.2 Å². The zero-order valence-electron chi connectivity index (χ0n) is 21.0. The van der Waals surface area contributed by atoms with Gasteiger partial charge in [0.05, 0.1) is 12.3 Å². The third-order valence-electron chi connectivity index (χ3n) is 11.2. The molecule has 7 atom stereocenters. The lowest BCUT2D eigenvalue weighted by Gasteiger charge is -2.60. The quantitative estimate of drug-likeness (QED) is 0.500. The number of nitrogens with zero attached hydrogens (tertiary/aromatic N) is 1. The number of allylic oxidation sites excluding steroid dienone is 2. The smallest absolute Gasteiger partial charge is 0.427 e. The number of carbonyl (C=O) groups excluding carboxylic acids is 2. The summed E-state index contributed by atoms with van der Waals surface area (Å²) in [6, 6.07) is 0. The summed E-state index contributed by atoms with van der Waals surface area (Å²) >= 11 is 0. The van der Waals surface area contributed by atoms with E-state index in [2.05, 4.69) is 30.5 Å². The summed E-state index contributed by atoms with van der Waals surface area (Å²) in [7, 11) is 0. The first-order chi connectivity index (χ1) is 15.8. The second-order valence-electron chi connectivity index (χ2n) is 12.1. The molecule has 4 unspecified atom stereocenters. The van der Waals surface area contributed by atoms with E-state index in [4.69, 9.17) is 4.74 Å². The molecule has 0 heterocycles. The number of amides is 1. The molecule has 0 aliphatic heterocycles. The fourth-order valence-electron chi connectivity index (χ4n) is 9.74. The fourth-order valence-corrected chi connectivity index (χ4v) is 9.74. The Hall–Kier alpha value is -1.65. The van der Waals surface area contributed by atoms with Crippen LogP contribution in [0.1, 0.15) is 98.3 Å². The molecule has 1 N–H and O–H groups in total. The molecule has 0 bridgehead atoms.